The van der Waals surface area contributed by atoms with Gasteiger partial charge in [0, 0.05) is 12.1 Å². The molecular weight excluding hydrogens is 168 g/mol. The number of carbonyl (C=O) groups is 1. The molecule has 1 saturated carbocycles. The lowest BCUT2D eigenvalue weighted by atomic mass is 9.86. The highest BCUT2D eigenvalue weighted by Gasteiger charge is 2.33. The van der Waals surface area contributed by atoms with Crippen molar-refractivity contribution in [1.29, 1.82) is 0 Å². The number of likely N-dealkylation sites (N-methyl/N-ethyl adjacent to an activating group) is 1. The molecule has 0 aliphatic heterocycles. The lowest BCUT2D eigenvalue weighted by Gasteiger charge is -2.40. The third kappa shape index (κ3) is 2.59. The summed E-state index contributed by atoms with van der Waals surface area (Å²) >= 11 is 0. The fourth-order valence-corrected chi connectivity index (χ4v) is 1.59. The second kappa shape index (κ2) is 4.46. The second-order valence-corrected chi connectivity index (χ2v) is 3.58. The maximum atomic E-state index is 11.1. The van der Waals surface area contributed by atoms with Gasteiger partial charge in [0.25, 0.3) is 0 Å². The molecular formula is C9H18N2O2. The third-order valence-corrected chi connectivity index (χ3v) is 2.48. The van der Waals surface area contributed by atoms with Crippen LogP contribution in [0, 0.1) is 0 Å². The number of amides is 1. The Balaban J connectivity index is 2.26. The van der Waals surface area contributed by atoms with E-state index in [1.54, 1.807) is 0 Å². The highest BCUT2D eigenvalue weighted by molar-refractivity contribution is 5.67. The monoisotopic (exact) mass is 186 g/mol. The lowest BCUT2D eigenvalue weighted by Crippen LogP contribution is -2.56. The van der Waals surface area contributed by atoms with E-state index in [0.29, 0.717) is 12.6 Å². The van der Waals surface area contributed by atoms with Gasteiger partial charge >= 0.3 is 6.09 Å². The van der Waals surface area contributed by atoms with Crippen LogP contribution in [0.5, 0.6) is 0 Å². The number of nitrogens with one attached hydrogen (secondary N) is 1. The maximum Gasteiger partial charge on any atom is 0.407 e. The van der Waals surface area contributed by atoms with Crippen molar-refractivity contribution in [1.82, 2.24) is 10.2 Å². The van der Waals surface area contributed by atoms with E-state index < -0.39 is 0 Å². The molecule has 76 valence electrons. The zero-order valence-corrected chi connectivity index (χ0v) is 8.54. The van der Waals surface area contributed by atoms with Crippen LogP contribution in [0.4, 0.5) is 4.79 Å². The van der Waals surface area contributed by atoms with Gasteiger partial charge in [-0.2, -0.15) is 0 Å². The van der Waals surface area contributed by atoms with Crippen molar-refractivity contribution in [2.75, 3.05) is 20.7 Å². The Morgan fingerprint density at radius 1 is 1.54 bits per heavy atom. The molecule has 0 heterocycles. The first-order valence-electron chi connectivity index (χ1n) is 4.75. The Kier molecular flexibility index (Phi) is 3.54. The van der Waals surface area contributed by atoms with Crippen molar-refractivity contribution in [2.45, 2.75) is 31.8 Å². The summed E-state index contributed by atoms with van der Waals surface area (Å²) in [5, 5.41) is 2.85. The molecule has 0 bridgehead atoms. The molecule has 1 fully saturated rings. The molecule has 1 rings (SSSR count). The molecule has 4 nitrogen and oxygen atoms in total. The van der Waals surface area contributed by atoms with E-state index in [2.05, 4.69) is 10.2 Å². The Labute approximate surface area is 79.2 Å². The molecule has 0 aromatic rings. The van der Waals surface area contributed by atoms with E-state index in [1.165, 1.54) is 0 Å². The molecule has 0 spiro atoms. The quantitative estimate of drug-likeness (QED) is 0.709. The summed E-state index contributed by atoms with van der Waals surface area (Å²) in [7, 11) is 4.06. The van der Waals surface area contributed by atoms with Gasteiger partial charge < -0.3 is 15.0 Å². The van der Waals surface area contributed by atoms with Gasteiger partial charge in [-0.25, -0.2) is 4.79 Å². The van der Waals surface area contributed by atoms with Crippen molar-refractivity contribution in [3.63, 3.8) is 0 Å². The van der Waals surface area contributed by atoms with Crippen molar-refractivity contribution in [2.24, 2.45) is 0 Å². The normalized spacial score (nSPS) is 26.8. The summed E-state index contributed by atoms with van der Waals surface area (Å²) in [6.07, 6.45) is 1.92. The van der Waals surface area contributed by atoms with Gasteiger partial charge in [-0.3, -0.25) is 0 Å². The number of rotatable bonds is 3. The highest BCUT2D eigenvalue weighted by Crippen LogP contribution is 2.23. The van der Waals surface area contributed by atoms with Crippen LogP contribution in [0.3, 0.4) is 0 Å². The van der Waals surface area contributed by atoms with Crippen LogP contribution < -0.4 is 5.32 Å². The van der Waals surface area contributed by atoms with Gasteiger partial charge in [0.2, 0.25) is 0 Å². The Morgan fingerprint density at radius 3 is 2.62 bits per heavy atom. The highest BCUT2D eigenvalue weighted by atomic mass is 16.5. The molecule has 1 amide bonds. The summed E-state index contributed by atoms with van der Waals surface area (Å²) in [5.41, 5.74) is 0. The molecule has 13 heavy (non-hydrogen) atoms. The van der Waals surface area contributed by atoms with Crippen LogP contribution in [0.25, 0.3) is 0 Å². The Morgan fingerprint density at radius 2 is 2.23 bits per heavy atom. The largest absolute Gasteiger partial charge is 0.450 e. The summed E-state index contributed by atoms with van der Waals surface area (Å²) in [6.45, 7) is 2.25. The van der Waals surface area contributed by atoms with Gasteiger partial charge in [-0.15, -0.1) is 0 Å². The second-order valence-electron chi connectivity index (χ2n) is 3.58. The van der Waals surface area contributed by atoms with Crippen LogP contribution >= 0.6 is 0 Å². The minimum Gasteiger partial charge on any atom is -0.450 e. The van der Waals surface area contributed by atoms with E-state index in [0.717, 1.165) is 12.8 Å². The number of alkyl carbamates (subject to hydrolysis) is 1. The van der Waals surface area contributed by atoms with Crippen LogP contribution in [0.2, 0.25) is 0 Å². The van der Waals surface area contributed by atoms with Gasteiger partial charge in [-0.05, 0) is 33.9 Å². The van der Waals surface area contributed by atoms with Gasteiger partial charge in [0.1, 0.15) is 0 Å². The average Bonchev–Trinajstić information content (AvgIpc) is 1.97. The summed E-state index contributed by atoms with van der Waals surface area (Å²) < 4.78 is 4.81. The zero-order valence-electron chi connectivity index (χ0n) is 8.54. The first-order chi connectivity index (χ1) is 6.15. The minimum atomic E-state index is -0.293. The molecule has 0 unspecified atom stereocenters. The molecule has 0 aromatic carbocycles. The van der Waals surface area contributed by atoms with Crippen molar-refractivity contribution in [3.8, 4) is 0 Å². The first-order valence-corrected chi connectivity index (χ1v) is 4.75. The average molecular weight is 186 g/mol. The van der Waals surface area contributed by atoms with Crippen molar-refractivity contribution >= 4 is 6.09 Å². The summed E-state index contributed by atoms with van der Waals surface area (Å²) in [4.78, 5) is 13.2. The fourth-order valence-electron chi connectivity index (χ4n) is 1.59. The predicted molar refractivity (Wildman–Crippen MR) is 50.7 cm³/mol. The van der Waals surface area contributed by atoms with Crippen LogP contribution in [0.1, 0.15) is 19.8 Å². The van der Waals surface area contributed by atoms with E-state index in [1.807, 2.05) is 21.0 Å². The van der Waals surface area contributed by atoms with E-state index >= 15 is 0 Å². The van der Waals surface area contributed by atoms with Crippen LogP contribution in [-0.4, -0.2) is 43.8 Å². The van der Waals surface area contributed by atoms with Gasteiger partial charge in [0.05, 0.1) is 6.61 Å². The van der Waals surface area contributed by atoms with Crippen LogP contribution in [0.15, 0.2) is 0 Å². The molecule has 1 aliphatic rings. The van der Waals surface area contributed by atoms with E-state index in [-0.39, 0.29) is 12.1 Å². The number of nitrogens with zero attached hydrogens (tertiary/aromatic N) is 1. The fraction of sp³-hybridized carbons (Fsp3) is 0.889. The van der Waals surface area contributed by atoms with Crippen LogP contribution in [-0.2, 0) is 4.74 Å². The number of carbonyl (C=O) groups excluding carboxylic acids is 1. The number of ether oxygens (including phenoxy) is 1. The maximum absolute atomic E-state index is 11.1. The summed E-state index contributed by atoms with van der Waals surface area (Å²) in [6, 6.07) is 0.749. The third-order valence-electron chi connectivity index (χ3n) is 2.48. The topological polar surface area (TPSA) is 41.6 Å². The van der Waals surface area contributed by atoms with Gasteiger partial charge in [-0.1, -0.05) is 0 Å². The molecule has 0 aromatic heterocycles. The van der Waals surface area contributed by atoms with Crippen molar-refractivity contribution in [3.05, 3.63) is 0 Å². The van der Waals surface area contributed by atoms with Crippen molar-refractivity contribution < 1.29 is 9.53 Å². The van der Waals surface area contributed by atoms with E-state index in [4.69, 9.17) is 4.74 Å². The molecule has 0 radical (unpaired) electrons. The number of hydrogen-bond donors (Lipinski definition) is 1. The first kappa shape index (κ1) is 10.3. The smallest absolute Gasteiger partial charge is 0.407 e. The minimum absolute atomic E-state index is 0.272. The lowest BCUT2D eigenvalue weighted by molar-refractivity contribution is 0.107. The molecule has 2 atom stereocenters. The molecule has 1 N–H and O–H groups in total. The summed E-state index contributed by atoms with van der Waals surface area (Å²) in [5.74, 6) is 0. The predicted octanol–water partition coefficient (Wildman–Crippen LogP) is 0.825. The van der Waals surface area contributed by atoms with Gasteiger partial charge in [0.15, 0.2) is 0 Å². The van der Waals surface area contributed by atoms with E-state index in [9.17, 15) is 4.79 Å². The zero-order chi connectivity index (χ0) is 9.84. The molecule has 1 aliphatic carbocycles. The Hall–Kier alpha value is -0.770. The number of hydrogen-bond acceptors (Lipinski definition) is 3. The standard InChI is InChI=1S/C9H18N2O2/c1-4-13-9(12)10-7-5-6-8(7)11(2)3/h7-8H,4-6H2,1-3H3,(H,10,12)/t7-,8+/m0/s1. The Bertz CT molecular complexity index is 182. The molecule has 0 saturated heterocycles. The SMILES string of the molecule is CCOC(=O)N[C@H]1CC[C@H]1N(C)C. The molecule has 4 heteroatoms.